The molecule has 0 aliphatic carbocycles. The zero-order valence-electron chi connectivity index (χ0n) is 11.1. The molecule has 1 unspecified atom stereocenters. The molecule has 19 heavy (non-hydrogen) atoms. The normalized spacial score (nSPS) is 19.6. The molecule has 1 aliphatic heterocycles. The third kappa shape index (κ3) is 3.32. The van der Waals surface area contributed by atoms with Crippen LogP contribution in [-0.4, -0.2) is 58.4 Å². The first-order valence-corrected chi connectivity index (χ1v) is 7.36. The van der Waals surface area contributed by atoms with Gasteiger partial charge in [-0.1, -0.05) is 29.8 Å². The van der Waals surface area contributed by atoms with Gasteiger partial charge in [0.2, 0.25) is 5.13 Å². The molecule has 0 radical (unpaired) electrons. The van der Waals surface area contributed by atoms with Crippen molar-refractivity contribution in [2.24, 2.45) is 10.9 Å². The Kier molecular flexibility index (Phi) is 4.92. The van der Waals surface area contributed by atoms with E-state index in [2.05, 4.69) is 32.1 Å². The lowest BCUT2D eigenvalue weighted by Crippen LogP contribution is -2.54. The van der Waals surface area contributed by atoms with E-state index in [4.69, 9.17) is 10.9 Å². The van der Waals surface area contributed by atoms with Gasteiger partial charge in [0.1, 0.15) is 5.51 Å². The van der Waals surface area contributed by atoms with Crippen LogP contribution in [0.15, 0.2) is 10.7 Å². The number of oxime groups is 1. The summed E-state index contributed by atoms with van der Waals surface area (Å²) in [4.78, 5) is 4.50. The van der Waals surface area contributed by atoms with Gasteiger partial charge in [-0.05, 0) is 6.42 Å². The molecule has 0 spiro atoms. The Morgan fingerprint density at radius 3 is 2.79 bits per heavy atom. The van der Waals surface area contributed by atoms with Crippen LogP contribution in [0.2, 0.25) is 0 Å². The van der Waals surface area contributed by atoms with Crippen LogP contribution >= 0.6 is 11.3 Å². The van der Waals surface area contributed by atoms with Crippen molar-refractivity contribution >= 4 is 22.3 Å². The van der Waals surface area contributed by atoms with Gasteiger partial charge in [-0.25, -0.2) is 0 Å². The first-order valence-electron chi connectivity index (χ1n) is 6.48. The second-order valence-electron chi connectivity index (χ2n) is 4.57. The van der Waals surface area contributed by atoms with Gasteiger partial charge in [-0.2, -0.15) is 0 Å². The topological polar surface area (TPSA) is 90.9 Å². The summed E-state index contributed by atoms with van der Waals surface area (Å²) in [7, 11) is 0. The summed E-state index contributed by atoms with van der Waals surface area (Å²) < 4.78 is 0. The Morgan fingerprint density at radius 1 is 1.53 bits per heavy atom. The number of anilines is 1. The molecule has 1 aliphatic rings. The zero-order valence-corrected chi connectivity index (χ0v) is 11.9. The second-order valence-corrected chi connectivity index (χ2v) is 5.39. The molecule has 1 fully saturated rings. The summed E-state index contributed by atoms with van der Waals surface area (Å²) >= 11 is 1.56. The summed E-state index contributed by atoms with van der Waals surface area (Å²) in [5, 5.41) is 21.0. The van der Waals surface area contributed by atoms with E-state index in [1.54, 1.807) is 16.8 Å². The highest BCUT2D eigenvalue weighted by Crippen LogP contribution is 2.19. The largest absolute Gasteiger partial charge is 0.409 e. The van der Waals surface area contributed by atoms with Crippen LogP contribution in [0.5, 0.6) is 0 Å². The Labute approximate surface area is 116 Å². The fourth-order valence-electron chi connectivity index (χ4n) is 2.39. The van der Waals surface area contributed by atoms with Crippen molar-refractivity contribution in [2.75, 3.05) is 31.1 Å². The van der Waals surface area contributed by atoms with E-state index in [0.717, 1.165) is 44.2 Å². The average Bonchev–Trinajstić information content (AvgIpc) is 2.98. The van der Waals surface area contributed by atoms with E-state index >= 15 is 0 Å². The minimum absolute atomic E-state index is 0.0339. The molecular formula is C11H20N6OS. The molecular weight excluding hydrogens is 264 g/mol. The van der Waals surface area contributed by atoms with Gasteiger partial charge >= 0.3 is 0 Å². The first kappa shape index (κ1) is 14.0. The lowest BCUT2D eigenvalue weighted by Gasteiger charge is -2.38. The van der Waals surface area contributed by atoms with Gasteiger partial charge in [-0.15, -0.1) is 10.2 Å². The van der Waals surface area contributed by atoms with E-state index in [1.807, 2.05) is 0 Å². The number of hydrogen-bond donors (Lipinski definition) is 2. The van der Waals surface area contributed by atoms with Gasteiger partial charge in [0, 0.05) is 26.2 Å². The van der Waals surface area contributed by atoms with Crippen LogP contribution in [0.1, 0.15) is 19.8 Å². The van der Waals surface area contributed by atoms with Gasteiger partial charge in [0.05, 0.1) is 6.04 Å². The molecule has 0 amide bonds. The third-order valence-corrected chi connectivity index (χ3v) is 4.14. The predicted molar refractivity (Wildman–Crippen MR) is 75.8 cm³/mol. The highest BCUT2D eigenvalue weighted by atomic mass is 32.1. The van der Waals surface area contributed by atoms with E-state index in [9.17, 15) is 0 Å². The molecule has 1 saturated heterocycles. The molecule has 106 valence electrons. The Hall–Kier alpha value is -1.41. The van der Waals surface area contributed by atoms with E-state index in [0.29, 0.717) is 5.84 Å². The number of aromatic nitrogens is 2. The van der Waals surface area contributed by atoms with Crippen molar-refractivity contribution in [1.29, 1.82) is 0 Å². The fourth-order valence-corrected chi connectivity index (χ4v) is 3.00. The summed E-state index contributed by atoms with van der Waals surface area (Å²) in [6.45, 7) is 5.68. The van der Waals surface area contributed by atoms with Crippen molar-refractivity contribution in [3.8, 4) is 0 Å². The maximum absolute atomic E-state index is 8.87. The van der Waals surface area contributed by atoms with Crippen LogP contribution in [0.3, 0.4) is 0 Å². The van der Waals surface area contributed by atoms with Gasteiger partial charge < -0.3 is 15.8 Å². The van der Waals surface area contributed by atoms with Crippen LogP contribution in [-0.2, 0) is 0 Å². The van der Waals surface area contributed by atoms with Crippen LogP contribution in [0.4, 0.5) is 5.13 Å². The number of hydrogen-bond acceptors (Lipinski definition) is 7. The number of rotatable bonds is 5. The van der Waals surface area contributed by atoms with Gasteiger partial charge in [0.25, 0.3) is 0 Å². The summed E-state index contributed by atoms with van der Waals surface area (Å²) in [5.74, 6) is 0.311. The molecule has 7 nitrogen and oxygen atoms in total. The lowest BCUT2D eigenvalue weighted by atomic mass is 10.1. The molecule has 0 bridgehead atoms. The van der Waals surface area contributed by atoms with Gasteiger partial charge in [-0.3, -0.25) is 4.90 Å². The molecule has 0 aromatic carbocycles. The number of amidine groups is 1. The minimum atomic E-state index is 0.0339. The van der Waals surface area contributed by atoms with E-state index < -0.39 is 0 Å². The molecule has 1 atom stereocenters. The second kappa shape index (κ2) is 6.67. The van der Waals surface area contributed by atoms with Crippen molar-refractivity contribution in [1.82, 2.24) is 15.1 Å². The summed E-state index contributed by atoms with van der Waals surface area (Å²) in [6, 6.07) is 0.0339. The number of piperazine rings is 1. The SMILES string of the molecule is CCCC(C(N)=NO)N1CCN(c2nncs2)CC1. The number of nitrogens with zero attached hydrogens (tertiary/aromatic N) is 5. The molecule has 2 heterocycles. The maximum Gasteiger partial charge on any atom is 0.208 e. The quantitative estimate of drug-likeness (QED) is 0.356. The Bertz CT molecular complexity index is 401. The third-order valence-electron chi connectivity index (χ3n) is 3.39. The average molecular weight is 284 g/mol. The molecule has 3 N–H and O–H groups in total. The van der Waals surface area contributed by atoms with Crippen molar-refractivity contribution < 1.29 is 5.21 Å². The monoisotopic (exact) mass is 284 g/mol. The van der Waals surface area contributed by atoms with E-state index in [1.165, 1.54) is 0 Å². The van der Waals surface area contributed by atoms with Crippen molar-refractivity contribution in [3.63, 3.8) is 0 Å². The zero-order chi connectivity index (χ0) is 13.7. The van der Waals surface area contributed by atoms with Crippen LogP contribution in [0.25, 0.3) is 0 Å². The Morgan fingerprint density at radius 2 is 2.26 bits per heavy atom. The summed E-state index contributed by atoms with van der Waals surface area (Å²) in [6.07, 6.45) is 1.92. The Balaban J connectivity index is 1.94. The fraction of sp³-hybridized carbons (Fsp3) is 0.727. The van der Waals surface area contributed by atoms with Crippen molar-refractivity contribution in [2.45, 2.75) is 25.8 Å². The highest BCUT2D eigenvalue weighted by Gasteiger charge is 2.26. The minimum Gasteiger partial charge on any atom is -0.409 e. The van der Waals surface area contributed by atoms with E-state index in [-0.39, 0.29) is 6.04 Å². The van der Waals surface area contributed by atoms with Crippen LogP contribution < -0.4 is 10.6 Å². The van der Waals surface area contributed by atoms with Crippen molar-refractivity contribution in [3.05, 3.63) is 5.51 Å². The smallest absolute Gasteiger partial charge is 0.208 e. The molecule has 2 rings (SSSR count). The van der Waals surface area contributed by atoms with Gasteiger partial charge in [0.15, 0.2) is 5.84 Å². The first-order chi connectivity index (χ1) is 9.26. The number of nitrogens with two attached hydrogens (primary N) is 1. The molecule has 1 aromatic rings. The van der Waals surface area contributed by atoms with Crippen LogP contribution in [0, 0.1) is 0 Å². The predicted octanol–water partition coefficient (Wildman–Crippen LogP) is 0.575. The summed E-state index contributed by atoms with van der Waals surface area (Å²) in [5.41, 5.74) is 7.54. The lowest BCUT2D eigenvalue weighted by molar-refractivity contribution is 0.211. The molecule has 1 aromatic heterocycles. The maximum atomic E-state index is 8.87. The standard InChI is InChI=1S/C11H20N6OS/c1-2-3-9(10(12)15-18)16-4-6-17(7-5-16)11-14-13-8-19-11/h8-9,18H,2-7H2,1H3,(H2,12,15). The highest BCUT2D eigenvalue weighted by molar-refractivity contribution is 7.13. The molecule has 0 saturated carbocycles. The molecule has 8 heteroatoms.